The molecule has 2 atom stereocenters. The highest BCUT2D eigenvalue weighted by molar-refractivity contribution is 5.77. The van der Waals surface area contributed by atoms with Gasteiger partial charge in [0.25, 0.3) is 0 Å². The van der Waals surface area contributed by atoms with Crippen LogP contribution in [0.4, 0.5) is 4.39 Å². The van der Waals surface area contributed by atoms with E-state index < -0.39 is 29.5 Å². The van der Waals surface area contributed by atoms with Gasteiger partial charge in [0, 0.05) is 10.5 Å². The largest absolute Gasteiger partial charge is 0.460 e. The Morgan fingerprint density at radius 2 is 2.05 bits per heavy atom. The normalized spacial score (nSPS) is 14.1. The molecule has 0 heterocycles. The summed E-state index contributed by atoms with van der Waals surface area (Å²) in [7, 11) is 0. The maximum Gasteiger partial charge on any atom is 0.318 e. The molecule has 0 radical (unpaired) electrons. The van der Waals surface area contributed by atoms with E-state index in [1.165, 1.54) is 18.2 Å². The first-order valence-corrected chi connectivity index (χ1v) is 5.96. The number of rotatable bonds is 4. The number of benzene rings is 1. The first-order valence-electron chi connectivity index (χ1n) is 5.96. The fourth-order valence-electron chi connectivity index (χ4n) is 1.54. The van der Waals surface area contributed by atoms with Crippen LogP contribution in [-0.2, 0) is 9.53 Å². The molecule has 108 valence electrons. The number of halogens is 1. The summed E-state index contributed by atoms with van der Waals surface area (Å²) in [5, 5.41) is 13.3. The maximum atomic E-state index is 13.6. The summed E-state index contributed by atoms with van der Waals surface area (Å²) in [5.74, 6) is -1.60. The number of nitrogens with zero attached hydrogens (tertiary/aromatic N) is 3. The van der Waals surface area contributed by atoms with Gasteiger partial charge in [0.15, 0.2) is 6.04 Å². The first-order chi connectivity index (χ1) is 9.26. The second kappa shape index (κ2) is 6.36. The maximum absolute atomic E-state index is 13.6. The lowest BCUT2D eigenvalue weighted by atomic mass is 10.0. The van der Waals surface area contributed by atoms with Crippen molar-refractivity contribution in [2.24, 2.45) is 5.11 Å². The van der Waals surface area contributed by atoms with E-state index >= 15 is 0 Å². The summed E-state index contributed by atoms with van der Waals surface area (Å²) >= 11 is 0. The monoisotopic (exact) mass is 281 g/mol. The van der Waals surface area contributed by atoms with Gasteiger partial charge in [-0.05, 0) is 32.4 Å². The summed E-state index contributed by atoms with van der Waals surface area (Å²) in [6.45, 7) is 4.90. The number of esters is 1. The summed E-state index contributed by atoms with van der Waals surface area (Å²) < 4.78 is 18.6. The molecule has 0 aliphatic heterocycles. The Labute approximate surface area is 115 Å². The molecule has 0 aromatic heterocycles. The van der Waals surface area contributed by atoms with Gasteiger partial charge in [-0.15, -0.1) is 0 Å². The van der Waals surface area contributed by atoms with E-state index in [0.717, 1.165) is 6.07 Å². The van der Waals surface area contributed by atoms with Crippen LogP contribution in [-0.4, -0.2) is 22.7 Å². The van der Waals surface area contributed by atoms with Crippen molar-refractivity contribution in [2.75, 3.05) is 0 Å². The highest BCUT2D eigenvalue weighted by Gasteiger charge is 2.32. The third-order valence-corrected chi connectivity index (χ3v) is 2.35. The Kier molecular flexibility index (Phi) is 5.07. The lowest BCUT2D eigenvalue weighted by Gasteiger charge is -2.24. The van der Waals surface area contributed by atoms with Gasteiger partial charge >= 0.3 is 5.97 Å². The molecule has 0 fully saturated rings. The van der Waals surface area contributed by atoms with Crippen molar-refractivity contribution in [2.45, 2.75) is 38.5 Å². The van der Waals surface area contributed by atoms with Crippen molar-refractivity contribution in [3.8, 4) is 0 Å². The van der Waals surface area contributed by atoms with Gasteiger partial charge in [-0.3, -0.25) is 4.79 Å². The minimum absolute atomic E-state index is 0.129. The van der Waals surface area contributed by atoms with E-state index in [1.807, 2.05) is 0 Å². The minimum atomic E-state index is -1.61. The number of hydrogen-bond acceptors (Lipinski definition) is 4. The first kappa shape index (κ1) is 15.9. The zero-order valence-electron chi connectivity index (χ0n) is 11.4. The fraction of sp³-hybridized carbons (Fsp3) is 0.462. The van der Waals surface area contributed by atoms with Crippen molar-refractivity contribution in [3.05, 3.63) is 46.1 Å². The molecule has 1 aromatic carbocycles. The second-order valence-electron chi connectivity index (χ2n) is 5.15. The molecule has 0 amide bonds. The van der Waals surface area contributed by atoms with Gasteiger partial charge in [0.2, 0.25) is 0 Å². The van der Waals surface area contributed by atoms with Crippen molar-refractivity contribution in [1.82, 2.24) is 0 Å². The highest BCUT2D eigenvalue weighted by Crippen LogP contribution is 2.24. The van der Waals surface area contributed by atoms with E-state index in [-0.39, 0.29) is 5.56 Å². The van der Waals surface area contributed by atoms with Gasteiger partial charge in [0.1, 0.15) is 17.5 Å². The molecule has 1 rings (SSSR count). The van der Waals surface area contributed by atoms with Crippen molar-refractivity contribution in [3.63, 3.8) is 0 Å². The van der Waals surface area contributed by atoms with E-state index in [9.17, 15) is 14.3 Å². The van der Waals surface area contributed by atoms with Crippen LogP contribution < -0.4 is 0 Å². The third kappa shape index (κ3) is 4.22. The Bertz CT molecular complexity index is 536. The summed E-state index contributed by atoms with van der Waals surface area (Å²) in [6, 6.07) is 3.85. The zero-order chi connectivity index (χ0) is 15.3. The van der Waals surface area contributed by atoms with Gasteiger partial charge in [0.05, 0.1) is 0 Å². The molecule has 7 heteroatoms. The van der Waals surface area contributed by atoms with Crippen LogP contribution in [0.25, 0.3) is 10.4 Å². The lowest BCUT2D eigenvalue weighted by molar-refractivity contribution is -0.159. The number of hydrogen-bond donors (Lipinski definition) is 1. The van der Waals surface area contributed by atoms with E-state index in [0.29, 0.717) is 0 Å². The third-order valence-electron chi connectivity index (χ3n) is 2.35. The fourth-order valence-corrected chi connectivity index (χ4v) is 1.54. The van der Waals surface area contributed by atoms with Gasteiger partial charge in [-0.2, -0.15) is 0 Å². The average molecular weight is 281 g/mol. The SMILES string of the molecule is CC(C)(C)OC(=O)[C@H](N=[N+]=[N-])[C@H](O)c1ccccc1F. The molecule has 0 aliphatic carbocycles. The molecule has 1 aromatic rings. The van der Waals surface area contributed by atoms with E-state index in [1.54, 1.807) is 20.8 Å². The Balaban J connectivity index is 3.05. The predicted octanol–water partition coefficient (Wildman–Crippen LogP) is 2.88. The molecule has 20 heavy (non-hydrogen) atoms. The molecule has 0 saturated carbocycles. The van der Waals surface area contributed by atoms with Crippen molar-refractivity contribution < 1.29 is 19.0 Å². The van der Waals surface area contributed by atoms with Crippen LogP contribution in [0.1, 0.15) is 32.4 Å². The van der Waals surface area contributed by atoms with Crippen molar-refractivity contribution >= 4 is 5.97 Å². The van der Waals surface area contributed by atoms with Gasteiger partial charge in [-0.1, -0.05) is 23.3 Å². The van der Waals surface area contributed by atoms with E-state index in [2.05, 4.69) is 10.0 Å². The number of aliphatic hydroxyl groups excluding tert-OH is 1. The van der Waals surface area contributed by atoms with Crippen LogP contribution in [0.15, 0.2) is 29.4 Å². The predicted molar refractivity (Wildman–Crippen MR) is 70.1 cm³/mol. The Hall–Kier alpha value is -2.11. The van der Waals surface area contributed by atoms with Gasteiger partial charge < -0.3 is 9.84 Å². The smallest absolute Gasteiger partial charge is 0.318 e. The van der Waals surface area contributed by atoms with Crippen LogP contribution in [0.2, 0.25) is 0 Å². The van der Waals surface area contributed by atoms with E-state index in [4.69, 9.17) is 10.3 Å². The van der Waals surface area contributed by atoms with Crippen LogP contribution in [0.3, 0.4) is 0 Å². The number of carbonyl (C=O) groups is 1. The van der Waals surface area contributed by atoms with Gasteiger partial charge in [-0.25, -0.2) is 4.39 Å². The standard InChI is InChI=1S/C13H16FN3O3/c1-13(2,3)20-12(19)10(16-17-15)11(18)8-6-4-5-7-9(8)14/h4-7,10-11,18H,1-3H3/t10-,11-/m1/s1. The summed E-state index contributed by atoms with van der Waals surface area (Å²) in [5.41, 5.74) is 7.56. The number of aliphatic hydroxyl groups is 1. The lowest BCUT2D eigenvalue weighted by Crippen LogP contribution is -2.34. The van der Waals surface area contributed by atoms with Crippen molar-refractivity contribution in [1.29, 1.82) is 0 Å². The molecule has 0 unspecified atom stereocenters. The second-order valence-corrected chi connectivity index (χ2v) is 5.15. The Morgan fingerprint density at radius 1 is 1.45 bits per heavy atom. The molecule has 0 bridgehead atoms. The summed E-state index contributed by atoms with van der Waals surface area (Å²) in [4.78, 5) is 14.4. The number of ether oxygens (including phenoxy) is 1. The highest BCUT2D eigenvalue weighted by atomic mass is 19.1. The minimum Gasteiger partial charge on any atom is -0.460 e. The molecular weight excluding hydrogens is 265 g/mol. The summed E-state index contributed by atoms with van der Waals surface area (Å²) in [6.07, 6.45) is -1.61. The molecular formula is C13H16FN3O3. The molecule has 6 nitrogen and oxygen atoms in total. The van der Waals surface area contributed by atoms with Crippen LogP contribution in [0, 0.1) is 5.82 Å². The number of azide groups is 1. The quantitative estimate of drug-likeness (QED) is 0.398. The molecule has 0 aliphatic rings. The average Bonchev–Trinajstić information content (AvgIpc) is 2.33. The molecule has 0 spiro atoms. The zero-order valence-corrected chi connectivity index (χ0v) is 11.4. The molecule has 1 N–H and O–H groups in total. The Morgan fingerprint density at radius 3 is 2.55 bits per heavy atom. The number of carbonyl (C=O) groups excluding carboxylic acids is 1. The molecule has 0 saturated heterocycles. The van der Waals surface area contributed by atoms with Crippen LogP contribution in [0.5, 0.6) is 0 Å². The topological polar surface area (TPSA) is 95.3 Å². The van der Waals surface area contributed by atoms with Crippen LogP contribution >= 0.6 is 0 Å².